The van der Waals surface area contributed by atoms with Gasteiger partial charge in [0.05, 0.1) is 16.7 Å². The van der Waals surface area contributed by atoms with Gasteiger partial charge in [-0.2, -0.15) is 0 Å². The minimum absolute atomic E-state index is 0.534. The average Bonchev–Trinajstić information content (AvgIpc) is 3.99. The molecule has 0 fully saturated rings. The van der Waals surface area contributed by atoms with Gasteiger partial charge in [0.1, 0.15) is 22.3 Å². The molecule has 13 aromatic rings. The van der Waals surface area contributed by atoms with Crippen LogP contribution in [0, 0.1) is 0 Å². The summed E-state index contributed by atoms with van der Waals surface area (Å²) >= 11 is 0. The molecule has 4 heterocycles. The van der Waals surface area contributed by atoms with Gasteiger partial charge in [0.2, 0.25) is 0 Å². The van der Waals surface area contributed by atoms with E-state index in [1.807, 2.05) is 48.5 Å². The minimum atomic E-state index is 0.534. The SMILES string of the molecule is c1ccc(-c2cccc(-c3nc(-c4ccc5oc6ccccc6c5c4)nc(-c4cc5oc6ccccc6c5cc4-n4c5ccccc5c5cc6ccccc6cc54)n3)c2)cc1. The zero-order chi connectivity index (χ0) is 40.0. The molecule has 6 heteroatoms. The Morgan fingerprint density at radius 1 is 0.311 bits per heavy atom. The van der Waals surface area contributed by atoms with E-state index >= 15 is 0 Å². The Balaban J connectivity index is 1.13. The van der Waals surface area contributed by atoms with Crippen molar-refractivity contribution in [3.63, 3.8) is 0 Å². The van der Waals surface area contributed by atoms with Crippen LogP contribution in [0.2, 0.25) is 0 Å². The van der Waals surface area contributed by atoms with Crippen molar-refractivity contribution in [1.29, 1.82) is 0 Å². The first-order valence-corrected chi connectivity index (χ1v) is 20.4. The number of para-hydroxylation sites is 3. The van der Waals surface area contributed by atoms with Crippen LogP contribution in [0.5, 0.6) is 0 Å². The Kier molecular flexibility index (Phi) is 7.21. The fraction of sp³-hybridized carbons (Fsp3) is 0. The molecule has 13 rings (SSSR count). The third kappa shape index (κ3) is 5.32. The largest absolute Gasteiger partial charge is 0.456 e. The molecule has 0 bridgehead atoms. The number of furan rings is 2. The fourth-order valence-electron chi connectivity index (χ4n) is 9.13. The molecule has 0 aliphatic carbocycles. The van der Waals surface area contributed by atoms with Gasteiger partial charge < -0.3 is 13.4 Å². The van der Waals surface area contributed by atoms with Crippen molar-refractivity contribution in [3.8, 4) is 51.0 Å². The van der Waals surface area contributed by atoms with Crippen LogP contribution in [0.4, 0.5) is 0 Å². The molecule has 0 N–H and O–H groups in total. The summed E-state index contributed by atoms with van der Waals surface area (Å²) in [6.07, 6.45) is 0. The summed E-state index contributed by atoms with van der Waals surface area (Å²) in [5, 5.41) is 8.82. The molecule has 9 aromatic carbocycles. The van der Waals surface area contributed by atoms with Gasteiger partial charge in [-0.1, -0.05) is 127 Å². The number of hydrogen-bond acceptors (Lipinski definition) is 5. The van der Waals surface area contributed by atoms with E-state index in [0.717, 1.165) is 88.4 Å². The van der Waals surface area contributed by atoms with Crippen LogP contribution in [0.1, 0.15) is 0 Å². The van der Waals surface area contributed by atoms with E-state index in [2.05, 4.69) is 150 Å². The molecular weight excluding hydrogens is 749 g/mol. The quantitative estimate of drug-likeness (QED) is 0.174. The Labute approximate surface area is 348 Å². The van der Waals surface area contributed by atoms with Crippen molar-refractivity contribution in [2.75, 3.05) is 0 Å². The smallest absolute Gasteiger partial charge is 0.166 e. The minimum Gasteiger partial charge on any atom is -0.456 e. The second kappa shape index (κ2) is 13.1. The Bertz CT molecular complexity index is 3900. The summed E-state index contributed by atoms with van der Waals surface area (Å²) in [6, 6.07) is 67.5. The van der Waals surface area contributed by atoms with Gasteiger partial charge in [-0.25, -0.2) is 15.0 Å². The Morgan fingerprint density at radius 3 is 1.67 bits per heavy atom. The van der Waals surface area contributed by atoms with E-state index in [4.69, 9.17) is 23.8 Å². The molecule has 0 saturated carbocycles. The first-order chi connectivity index (χ1) is 30.2. The third-order valence-electron chi connectivity index (χ3n) is 12.0. The lowest BCUT2D eigenvalue weighted by Gasteiger charge is -2.15. The molecule has 0 atom stereocenters. The molecule has 0 radical (unpaired) electrons. The van der Waals surface area contributed by atoms with E-state index < -0.39 is 0 Å². The molecule has 284 valence electrons. The monoisotopic (exact) mass is 780 g/mol. The molecule has 61 heavy (non-hydrogen) atoms. The van der Waals surface area contributed by atoms with E-state index in [9.17, 15) is 0 Å². The van der Waals surface area contributed by atoms with Gasteiger partial charge in [0, 0.05) is 49.0 Å². The topological polar surface area (TPSA) is 69.9 Å². The van der Waals surface area contributed by atoms with Crippen LogP contribution in [0.3, 0.4) is 0 Å². The average molecular weight is 781 g/mol. The summed E-state index contributed by atoms with van der Waals surface area (Å²) in [4.78, 5) is 16.0. The van der Waals surface area contributed by atoms with Crippen molar-refractivity contribution in [2.24, 2.45) is 0 Å². The van der Waals surface area contributed by atoms with E-state index in [1.54, 1.807) is 0 Å². The lowest BCUT2D eigenvalue weighted by Crippen LogP contribution is -2.04. The molecule has 0 unspecified atom stereocenters. The van der Waals surface area contributed by atoms with Crippen LogP contribution in [-0.4, -0.2) is 19.5 Å². The van der Waals surface area contributed by atoms with Crippen molar-refractivity contribution < 1.29 is 8.83 Å². The summed E-state index contributed by atoms with van der Waals surface area (Å²) in [6.45, 7) is 0. The predicted molar refractivity (Wildman–Crippen MR) is 248 cm³/mol. The van der Waals surface area contributed by atoms with Crippen LogP contribution < -0.4 is 0 Å². The molecule has 0 saturated heterocycles. The van der Waals surface area contributed by atoms with Gasteiger partial charge in [-0.15, -0.1) is 0 Å². The molecule has 0 spiro atoms. The molecule has 0 aliphatic rings. The molecule has 0 amide bonds. The first kappa shape index (κ1) is 33.6. The highest BCUT2D eigenvalue weighted by Gasteiger charge is 2.23. The standard InChI is InChI=1S/C55H32N4O2/c1-2-13-33(14-3-1)34-17-12-18-37(27-34)53-56-54(38-25-26-51-43(29-38)40-20-7-10-23-49(40)60-51)58-55(57-53)45-32-52-44(41-21-8-11-24-50(41)61-52)31-48(45)59-46-22-9-6-19-39(46)42-28-35-15-4-5-16-36(35)30-47(42)59/h1-32H. The van der Waals surface area contributed by atoms with Crippen LogP contribution >= 0.6 is 0 Å². The molecule has 0 aliphatic heterocycles. The zero-order valence-corrected chi connectivity index (χ0v) is 32.6. The predicted octanol–water partition coefficient (Wildman–Crippen LogP) is 14.6. The number of fused-ring (bicyclic) bond motifs is 10. The van der Waals surface area contributed by atoms with E-state index in [-0.39, 0.29) is 0 Å². The van der Waals surface area contributed by atoms with Crippen LogP contribution in [0.25, 0.3) is 127 Å². The van der Waals surface area contributed by atoms with Crippen LogP contribution in [0.15, 0.2) is 203 Å². The lowest BCUT2D eigenvalue weighted by atomic mass is 10.0. The summed E-state index contributed by atoms with van der Waals surface area (Å²) < 4.78 is 15.2. The maximum Gasteiger partial charge on any atom is 0.166 e. The summed E-state index contributed by atoms with van der Waals surface area (Å²) in [5.41, 5.74) is 11.1. The highest BCUT2D eigenvalue weighted by Crippen LogP contribution is 2.42. The second-order valence-electron chi connectivity index (χ2n) is 15.6. The number of rotatable bonds is 5. The van der Waals surface area contributed by atoms with Gasteiger partial charge in [0.15, 0.2) is 17.5 Å². The first-order valence-electron chi connectivity index (χ1n) is 20.4. The van der Waals surface area contributed by atoms with Crippen molar-refractivity contribution >= 4 is 76.5 Å². The summed E-state index contributed by atoms with van der Waals surface area (Å²) in [7, 11) is 0. The normalized spacial score (nSPS) is 11.9. The van der Waals surface area contributed by atoms with Crippen molar-refractivity contribution in [2.45, 2.75) is 0 Å². The Morgan fingerprint density at radius 2 is 0.885 bits per heavy atom. The van der Waals surface area contributed by atoms with E-state index in [1.165, 1.54) is 21.5 Å². The molecule has 6 nitrogen and oxygen atoms in total. The second-order valence-corrected chi connectivity index (χ2v) is 15.6. The third-order valence-corrected chi connectivity index (χ3v) is 12.0. The van der Waals surface area contributed by atoms with Gasteiger partial charge in [-0.05, 0) is 88.6 Å². The number of aromatic nitrogens is 4. The zero-order valence-electron chi connectivity index (χ0n) is 32.6. The van der Waals surface area contributed by atoms with Gasteiger partial charge >= 0.3 is 0 Å². The molecular formula is C55H32N4O2. The van der Waals surface area contributed by atoms with Crippen LogP contribution in [-0.2, 0) is 0 Å². The number of hydrogen-bond donors (Lipinski definition) is 0. The highest BCUT2D eigenvalue weighted by molar-refractivity contribution is 6.15. The maximum atomic E-state index is 6.60. The number of nitrogens with zero attached hydrogens (tertiary/aromatic N) is 4. The maximum absolute atomic E-state index is 6.60. The number of benzene rings is 9. The fourth-order valence-corrected chi connectivity index (χ4v) is 9.13. The summed E-state index contributed by atoms with van der Waals surface area (Å²) in [5.74, 6) is 1.66. The van der Waals surface area contributed by atoms with Crippen molar-refractivity contribution in [1.82, 2.24) is 19.5 Å². The van der Waals surface area contributed by atoms with E-state index in [0.29, 0.717) is 17.5 Å². The van der Waals surface area contributed by atoms with Gasteiger partial charge in [-0.3, -0.25) is 0 Å². The Hall–Kier alpha value is -8.35. The molecule has 4 aromatic heterocycles. The van der Waals surface area contributed by atoms with Crippen molar-refractivity contribution in [3.05, 3.63) is 194 Å². The lowest BCUT2D eigenvalue weighted by molar-refractivity contribution is 0.668. The van der Waals surface area contributed by atoms with Gasteiger partial charge in [0.25, 0.3) is 0 Å². The highest BCUT2D eigenvalue weighted by atomic mass is 16.3.